The van der Waals surface area contributed by atoms with Gasteiger partial charge in [-0.15, -0.1) is 0 Å². The molecule has 0 amide bonds. The standard InChI is InChI=1S/C12H15N3O4S/c16-15(17)11-3-1-2-4-12(11)20(18,19)14-10-7-8-5-6-9(10)13-8/h1-4,8-10,13-14H,5-7H2/t8-,9+,10+/m1/s1. The van der Waals surface area contributed by atoms with Crippen molar-refractivity contribution in [2.24, 2.45) is 0 Å². The number of rotatable bonds is 4. The van der Waals surface area contributed by atoms with E-state index in [-0.39, 0.29) is 17.0 Å². The van der Waals surface area contributed by atoms with E-state index in [4.69, 9.17) is 0 Å². The fourth-order valence-electron chi connectivity index (χ4n) is 3.05. The first-order valence-electron chi connectivity index (χ1n) is 6.49. The maximum atomic E-state index is 12.3. The van der Waals surface area contributed by atoms with E-state index in [1.54, 1.807) is 0 Å². The molecule has 3 rings (SSSR count). The number of para-hydroxylation sites is 1. The molecule has 0 aromatic heterocycles. The molecule has 2 bridgehead atoms. The molecule has 8 heteroatoms. The molecule has 0 saturated carbocycles. The van der Waals surface area contributed by atoms with Gasteiger partial charge in [0.2, 0.25) is 10.0 Å². The minimum Gasteiger partial charge on any atom is -0.310 e. The van der Waals surface area contributed by atoms with Crippen molar-refractivity contribution in [2.75, 3.05) is 0 Å². The summed E-state index contributed by atoms with van der Waals surface area (Å²) in [6.07, 6.45) is 2.74. The molecule has 2 fully saturated rings. The lowest BCUT2D eigenvalue weighted by Crippen LogP contribution is -2.42. The van der Waals surface area contributed by atoms with Crippen LogP contribution in [0.2, 0.25) is 0 Å². The Morgan fingerprint density at radius 1 is 1.30 bits per heavy atom. The molecule has 1 aromatic rings. The summed E-state index contributed by atoms with van der Waals surface area (Å²) in [6.45, 7) is 0. The number of nitrogens with one attached hydrogen (secondary N) is 2. The third-order valence-corrected chi connectivity index (χ3v) is 5.50. The van der Waals surface area contributed by atoms with Crippen molar-refractivity contribution >= 4 is 15.7 Å². The Bertz CT molecular complexity index is 646. The van der Waals surface area contributed by atoms with Gasteiger partial charge in [0.1, 0.15) is 0 Å². The van der Waals surface area contributed by atoms with Gasteiger partial charge in [-0.3, -0.25) is 10.1 Å². The molecule has 0 unspecified atom stereocenters. The minimum absolute atomic E-state index is 0.137. The molecule has 3 atom stereocenters. The molecular formula is C12H15N3O4S. The third kappa shape index (κ3) is 2.30. The predicted molar refractivity (Wildman–Crippen MR) is 71.8 cm³/mol. The lowest BCUT2D eigenvalue weighted by molar-refractivity contribution is -0.387. The van der Waals surface area contributed by atoms with Gasteiger partial charge < -0.3 is 5.32 Å². The van der Waals surface area contributed by atoms with E-state index in [1.165, 1.54) is 24.3 Å². The lowest BCUT2D eigenvalue weighted by Gasteiger charge is -2.21. The van der Waals surface area contributed by atoms with E-state index in [0.29, 0.717) is 6.04 Å². The highest BCUT2D eigenvalue weighted by Gasteiger charge is 2.41. The molecule has 20 heavy (non-hydrogen) atoms. The highest BCUT2D eigenvalue weighted by atomic mass is 32.2. The van der Waals surface area contributed by atoms with Crippen LogP contribution in [0, 0.1) is 10.1 Å². The Morgan fingerprint density at radius 3 is 2.65 bits per heavy atom. The Kier molecular flexibility index (Phi) is 3.23. The van der Waals surface area contributed by atoms with Crippen LogP contribution in [-0.2, 0) is 10.0 Å². The lowest BCUT2D eigenvalue weighted by atomic mass is 9.96. The molecule has 0 aliphatic carbocycles. The van der Waals surface area contributed by atoms with Gasteiger partial charge in [0.25, 0.3) is 5.69 Å². The van der Waals surface area contributed by atoms with Gasteiger partial charge in [-0.25, -0.2) is 13.1 Å². The van der Waals surface area contributed by atoms with E-state index in [2.05, 4.69) is 10.0 Å². The van der Waals surface area contributed by atoms with Gasteiger partial charge in [0.15, 0.2) is 4.90 Å². The monoisotopic (exact) mass is 297 g/mol. The maximum absolute atomic E-state index is 12.3. The Morgan fingerprint density at radius 2 is 2.05 bits per heavy atom. The zero-order valence-corrected chi connectivity index (χ0v) is 11.5. The van der Waals surface area contributed by atoms with Crippen LogP contribution >= 0.6 is 0 Å². The maximum Gasteiger partial charge on any atom is 0.289 e. The molecule has 108 valence electrons. The smallest absolute Gasteiger partial charge is 0.289 e. The molecule has 0 spiro atoms. The minimum atomic E-state index is -3.87. The molecule has 7 nitrogen and oxygen atoms in total. The van der Waals surface area contributed by atoms with Crippen LogP contribution in [0.1, 0.15) is 19.3 Å². The highest BCUT2D eigenvalue weighted by Crippen LogP contribution is 2.30. The van der Waals surface area contributed by atoms with Crippen molar-refractivity contribution in [1.29, 1.82) is 0 Å². The fraction of sp³-hybridized carbons (Fsp3) is 0.500. The number of benzene rings is 1. The van der Waals surface area contributed by atoms with Crippen LogP contribution in [-0.4, -0.2) is 31.5 Å². The quantitative estimate of drug-likeness (QED) is 0.631. The number of hydrogen-bond donors (Lipinski definition) is 2. The number of nitro groups is 1. The van der Waals surface area contributed by atoms with Crippen LogP contribution < -0.4 is 10.0 Å². The van der Waals surface area contributed by atoms with Gasteiger partial charge in [0, 0.05) is 24.2 Å². The first kappa shape index (κ1) is 13.5. The van der Waals surface area contributed by atoms with Crippen molar-refractivity contribution in [1.82, 2.24) is 10.0 Å². The summed E-state index contributed by atoms with van der Waals surface area (Å²) in [4.78, 5) is 9.99. The zero-order chi connectivity index (χ0) is 14.3. The Balaban J connectivity index is 1.87. The van der Waals surface area contributed by atoms with Crippen molar-refractivity contribution < 1.29 is 13.3 Å². The molecule has 2 aliphatic rings. The highest BCUT2D eigenvalue weighted by molar-refractivity contribution is 7.89. The average molecular weight is 297 g/mol. The van der Waals surface area contributed by atoms with Crippen LogP contribution in [0.4, 0.5) is 5.69 Å². The van der Waals surface area contributed by atoms with Crippen LogP contribution in [0.5, 0.6) is 0 Å². The number of nitro benzene ring substituents is 1. The second-order valence-corrected chi connectivity index (χ2v) is 6.92. The van der Waals surface area contributed by atoms with Crippen molar-refractivity contribution in [3.05, 3.63) is 34.4 Å². The molecular weight excluding hydrogens is 282 g/mol. The number of sulfonamides is 1. The van der Waals surface area contributed by atoms with E-state index >= 15 is 0 Å². The summed E-state index contributed by atoms with van der Waals surface area (Å²) < 4.78 is 27.3. The van der Waals surface area contributed by atoms with Gasteiger partial charge in [-0.05, 0) is 25.3 Å². The van der Waals surface area contributed by atoms with E-state index in [9.17, 15) is 18.5 Å². The van der Waals surface area contributed by atoms with Crippen LogP contribution in [0.25, 0.3) is 0 Å². The SMILES string of the molecule is O=[N+]([O-])c1ccccc1S(=O)(=O)N[C@H]1C[C@H]2CC[C@@H]1N2. The second-order valence-electron chi connectivity index (χ2n) is 5.24. The summed E-state index contributed by atoms with van der Waals surface area (Å²) in [6, 6.07) is 5.72. The van der Waals surface area contributed by atoms with Crippen molar-refractivity contribution in [3.8, 4) is 0 Å². The normalized spacial score (nSPS) is 28.7. The topological polar surface area (TPSA) is 101 Å². The van der Waals surface area contributed by atoms with Crippen LogP contribution in [0.3, 0.4) is 0 Å². The van der Waals surface area contributed by atoms with Gasteiger partial charge in [0.05, 0.1) is 4.92 Å². The first-order valence-corrected chi connectivity index (χ1v) is 7.97. The summed E-state index contributed by atoms with van der Waals surface area (Å²) in [5.41, 5.74) is -0.392. The third-order valence-electron chi connectivity index (χ3n) is 3.96. The molecule has 2 aliphatic heterocycles. The Labute approximate surface area is 116 Å². The second kappa shape index (κ2) is 4.80. The molecule has 2 saturated heterocycles. The predicted octanol–water partition coefficient (Wildman–Crippen LogP) is 0.766. The number of fused-ring (bicyclic) bond motifs is 2. The van der Waals surface area contributed by atoms with Crippen molar-refractivity contribution in [3.63, 3.8) is 0 Å². The van der Waals surface area contributed by atoms with Gasteiger partial charge in [-0.2, -0.15) is 0 Å². The molecule has 2 N–H and O–H groups in total. The fourth-order valence-corrected chi connectivity index (χ4v) is 4.51. The summed E-state index contributed by atoms with van der Waals surface area (Å²) in [7, 11) is -3.87. The molecule has 0 radical (unpaired) electrons. The Hall–Kier alpha value is -1.51. The zero-order valence-electron chi connectivity index (χ0n) is 10.7. The van der Waals surface area contributed by atoms with Gasteiger partial charge in [-0.1, -0.05) is 12.1 Å². The largest absolute Gasteiger partial charge is 0.310 e. The van der Waals surface area contributed by atoms with E-state index in [0.717, 1.165) is 19.3 Å². The van der Waals surface area contributed by atoms with E-state index in [1.807, 2.05) is 0 Å². The summed E-state index contributed by atoms with van der Waals surface area (Å²) >= 11 is 0. The van der Waals surface area contributed by atoms with Crippen molar-refractivity contribution in [2.45, 2.75) is 42.3 Å². The molecule has 2 heterocycles. The van der Waals surface area contributed by atoms with E-state index < -0.39 is 20.6 Å². The average Bonchev–Trinajstić information content (AvgIpc) is 3.00. The van der Waals surface area contributed by atoms with Gasteiger partial charge >= 0.3 is 0 Å². The molecule has 1 aromatic carbocycles. The summed E-state index contributed by atoms with van der Waals surface area (Å²) in [5, 5.41) is 14.3. The first-order chi connectivity index (χ1) is 9.47. The summed E-state index contributed by atoms with van der Waals surface area (Å²) in [5.74, 6) is 0. The number of nitrogens with zero attached hydrogens (tertiary/aromatic N) is 1. The van der Waals surface area contributed by atoms with Crippen LogP contribution in [0.15, 0.2) is 29.2 Å². The number of hydrogen-bond acceptors (Lipinski definition) is 5.